The predicted octanol–water partition coefficient (Wildman–Crippen LogP) is 2.31. The van der Waals surface area contributed by atoms with Crippen molar-refractivity contribution in [3.05, 3.63) is 29.1 Å². The van der Waals surface area contributed by atoms with Gasteiger partial charge >= 0.3 is 0 Å². The first-order valence-electron chi connectivity index (χ1n) is 10.1. The summed E-state index contributed by atoms with van der Waals surface area (Å²) >= 11 is 0. The van der Waals surface area contributed by atoms with E-state index in [0.29, 0.717) is 31.7 Å². The summed E-state index contributed by atoms with van der Waals surface area (Å²) in [5.41, 5.74) is 0.442. The number of benzene rings is 1. The molecule has 0 unspecified atom stereocenters. The molecule has 1 N–H and O–H groups in total. The van der Waals surface area contributed by atoms with Gasteiger partial charge in [-0.1, -0.05) is 0 Å². The maximum atomic E-state index is 14.7. The largest absolute Gasteiger partial charge is 0.488 e. The highest BCUT2D eigenvalue weighted by Gasteiger charge is 2.38. The summed E-state index contributed by atoms with van der Waals surface area (Å²) < 4.78 is 46.8. The number of likely N-dealkylation sites (tertiary alicyclic amines) is 1. The van der Waals surface area contributed by atoms with Crippen molar-refractivity contribution in [1.82, 2.24) is 9.62 Å². The second kappa shape index (κ2) is 7.59. The van der Waals surface area contributed by atoms with Crippen LogP contribution in [0.4, 0.5) is 4.39 Å². The molecule has 1 aromatic carbocycles. The molecular weight excluding hydrogens is 399 g/mol. The first kappa shape index (κ1) is 20.1. The van der Waals surface area contributed by atoms with Crippen LogP contribution in [-0.2, 0) is 14.8 Å². The van der Waals surface area contributed by atoms with E-state index < -0.39 is 27.0 Å². The average Bonchev–Trinajstić information content (AvgIpc) is 3.54. The topological polar surface area (TPSA) is 92.8 Å². The van der Waals surface area contributed by atoms with Crippen molar-refractivity contribution in [1.29, 1.82) is 0 Å². The van der Waals surface area contributed by atoms with Gasteiger partial charge in [-0.25, -0.2) is 17.5 Å². The summed E-state index contributed by atoms with van der Waals surface area (Å²) in [5, 5.41) is -0.560. The third kappa shape index (κ3) is 4.55. The van der Waals surface area contributed by atoms with Gasteiger partial charge in [-0.05, 0) is 56.1 Å². The summed E-state index contributed by atoms with van der Waals surface area (Å²) in [6.07, 6.45) is 4.19. The molecule has 4 rings (SSSR count). The average molecular weight is 424 g/mol. The van der Waals surface area contributed by atoms with Crippen molar-refractivity contribution < 1.29 is 27.1 Å². The fraction of sp³-hybridized carbons (Fsp3) is 0.600. The lowest BCUT2D eigenvalue weighted by Crippen LogP contribution is -2.43. The minimum atomic E-state index is -3.75. The molecule has 2 aliphatic carbocycles. The number of rotatable bonds is 6. The Kier molecular flexibility index (Phi) is 5.27. The molecule has 158 valence electrons. The van der Waals surface area contributed by atoms with Gasteiger partial charge in [0.25, 0.3) is 5.91 Å². The number of ether oxygens (including phenoxy) is 1. The zero-order valence-corrected chi connectivity index (χ0v) is 17.1. The second-order valence-corrected chi connectivity index (χ2v) is 10.1. The smallest absolute Gasteiger partial charge is 0.267 e. The Morgan fingerprint density at radius 3 is 2.52 bits per heavy atom. The summed E-state index contributed by atoms with van der Waals surface area (Å²) in [7, 11) is -3.75. The maximum Gasteiger partial charge on any atom is 0.267 e. The van der Waals surface area contributed by atoms with Gasteiger partial charge in [0.1, 0.15) is 17.7 Å². The Bertz CT molecular complexity index is 940. The van der Waals surface area contributed by atoms with Crippen molar-refractivity contribution in [3.8, 4) is 5.75 Å². The zero-order valence-electron chi connectivity index (χ0n) is 16.3. The number of nitrogens with one attached hydrogen (secondary N) is 1. The molecule has 0 bridgehead atoms. The summed E-state index contributed by atoms with van der Waals surface area (Å²) in [4.78, 5) is 25.8. The van der Waals surface area contributed by atoms with Crippen LogP contribution in [-0.4, -0.2) is 49.6 Å². The molecule has 1 heterocycles. The van der Waals surface area contributed by atoms with Crippen LogP contribution in [0.25, 0.3) is 0 Å². The third-order valence-electron chi connectivity index (χ3n) is 5.68. The fourth-order valence-electron chi connectivity index (χ4n) is 3.71. The van der Waals surface area contributed by atoms with Crippen LogP contribution >= 0.6 is 0 Å². The fourth-order valence-corrected chi connectivity index (χ4v) is 5.00. The van der Waals surface area contributed by atoms with Crippen LogP contribution in [0.5, 0.6) is 5.75 Å². The SMILES string of the molecule is CC(=O)N1CCC[C@@H](Oc2cc(F)c(C(=O)NS(=O)(=O)C3CC3)cc2C2CC2)C1. The van der Waals surface area contributed by atoms with Crippen LogP contribution in [0, 0.1) is 5.82 Å². The van der Waals surface area contributed by atoms with Crippen molar-refractivity contribution >= 4 is 21.8 Å². The first-order valence-corrected chi connectivity index (χ1v) is 11.6. The lowest BCUT2D eigenvalue weighted by molar-refractivity contribution is -0.131. The zero-order chi connectivity index (χ0) is 20.8. The molecule has 1 saturated heterocycles. The van der Waals surface area contributed by atoms with E-state index in [-0.39, 0.29) is 23.5 Å². The van der Waals surface area contributed by atoms with E-state index in [1.165, 1.54) is 19.1 Å². The number of carbonyl (C=O) groups is 2. The standard InChI is InChI=1S/C20H25FN2O5S/c1-12(24)23-8-2-3-14(11-23)28-19-10-18(21)17(9-16(19)13-4-5-13)20(25)22-29(26,27)15-6-7-15/h9-10,13-15H,2-8,11H2,1H3,(H,22,25)/t14-/m1/s1. The van der Waals surface area contributed by atoms with Gasteiger partial charge < -0.3 is 9.64 Å². The molecule has 1 aliphatic heterocycles. The number of piperidine rings is 1. The van der Waals surface area contributed by atoms with Crippen molar-refractivity contribution in [2.45, 2.75) is 62.7 Å². The summed E-state index contributed by atoms with van der Waals surface area (Å²) in [6, 6.07) is 2.60. The Labute approximate surface area is 169 Å². The second-order valence-electron chi connectivity index (χ2n) is 8.17. The van der Waals surface area contributed by atoms with Crippen molar-refractivity contribution in [3.63, 3.8) is 0 Å². The molecule has 1 aromatic rings. The highest BCUT2D eigenvalue weighted by Crippen LogP contribution is 2.45. The number of hydrogen-bond donors (Lipinski definition) is 1. The van der Waals surface area contributed by atoms with E-state index in [9.17, 15) is 22.4 Å². The minimum Gasteiger partial charge on any atom is -0.488 e. The van der Waals surface area contributed by atoms with Gasteiger partial charge in [-0.15, -0.1) is 0 Å². The van der Waals surface area contributed by atoms with Gasteiger partial charge in [-0.2, -0.15) is 0 Å². The molecule has 2 amide bonds. The Hall–Kier alpha value is -2.16. The molecule has 1 atom stereocenters. The Morgan fingerprint density at radius 2 is 1.90 bits per heavy atom. The number of nitrogens with zero attached hydrogens (tertiary/aromatic N) is 1. The van der Waals surface area contributed by atoms with E-state index >= 15 is 0 Å². The Balaban J connectivity index is 1.55. The molecule has 0 spiro atoms. The molecule has 3 fully saturated rings. The monoisotopic (exact) mass is 424 g/mol. The summed E-state index contributed by atoms with van der Waals surface area (Å²) in [5.74, 6) is -1.22. The van der Waals surface area contributed by atoms with E-state index in [1.807, 2.05) is 4.72 Å². The number of hydrogen-bond acceptors (Lipinski definition) is 5. The Morgan fingerprint density at radius 1 is 1.17 bits per heavy atom. The van der Waals surface area contributed by atoms with Crippen LogP contribution in [0.2, 0.25) is 0 Å². The molecule has 9 heteroatoms. The first-order chi connectivity index (χ1) is 13.7. The molecule has 29 heavy (non-hydrogen) atoms. The molecule has 7 nitrogen and oxygen atoms in total. The number of sulfonamides is 1. The molecule has 0 radical (unpaired) electrons. The normalized spacial score (nSPS) is 22.3. The molecule has 3 aliphatic rings. The number of amides is 2. The third-order valence-corrected chi connectivity index (χ3v) is 7.50. The molecule has 0 aromatic heterocycles. The maximum absolute atomic E-state index is 14.7. The van der Waals surface area contributed by atoms with Crippen LogP contribution in [0.15, 0.2) is 12.1 Å². The lowest BCUT2D eigenvalue weighted by atomic mass is 10.0. The number of carbonyl (C=O) groups excluding carboxylic acids is 2. The quantitative estimate of drug-likeness (QED) is 0.757. The predicted molar refractivity (Wildman–Crippen MR) is 104 cm³/mol. The van der Waals surface area contributed by atoms with Crippen molar-refractivity contribution in [2.24, 2.45) is 0 Å². The summed E-state index contributed by atoms with van der Waals surface area (Å²) in [6.45, 7) is 2.65. The minimum absolute atomic E-state index is 0.0178. The highest BCUT2D eigenvalue weighted by atomic mass is 32.2. The van der Waals surface area contributed by atoms with Crippen LogP contribution in [0.3, 0.4) is 0 Å². The molecular formula is C20H25FN2O5S. The van der Waals surface area contributed by atoms with Gasteiger partial charge in [0.2, 0.25) is 15.9 Å². The number of halogens is 1. The van der Waals surface area contributed by atoms with Crippen LogP contribution in [0.1, 0.15) is 67.3 Å². The van der Waals surface area contributed by atoms with Crippen LogP contribution < -0.4 is 9.46 Å². The van der Waals surface area contributed by atoms with E-state index in [0.717, 1.165) is 31.2 Å². The van der Waals surface area contributed by atoms with Crippen molar-refractivity contribution in [2.75, 3.05) is 13.1 Å². The van der Waals surface area contributed by atoms with Gasteiger partial charge in [0.05, 0.1) is 17.4 Å². The van der Waals surface area contributed by atoms with E-state index in [2.05, 4.69) is 0 Å². The van der Waals surface area contributed by atoms with E-state index in [1.54, 1.807) is 4.90 Å². The van der Waals surface area contributed by atoms with Gasteiger partial charge in [-0.3, -0.25) is 9.59 Å². The van der Waals surface area contributed by atoms with Gasteiger partial charge in [0.15, 0.2) is 0 Å². The van der Waals surface area contributed by atoms with Gasteiger partial charge in [0, 0.05) is 19.5 Å². The highest BCUT2D eigenvalue weighted by molar-refractivity contribution is 7.91. The van der Waals surface area contributed by atoms with E-state index in [4.69, 9.17) is 4.74 Å². The molecule has 2 saturated carbocycles. The lowest BCUT2D eigenvalue weighted by Gasteiger charge is -2.32.